The largest absolute Gasteiger partial charge is 0.478 e. The number of hydrogen-bond acceptors (Lipinski definition) is 3. The first-order valence-corrected chi connectivity index (χ1v) is 6.60. The van der Waals surface area contributed by atoms with E-state index in [0.29, 0.717) is 5.56 Å². The van der Waals surface area contributed by atoms with Gasteiger partial charge in [-0.3, -0.25) is 0 Å². The lowest BCUT2D eigenvalue weighted by molar-refractivity contribution is 0.0696. The lowest BCUT2D eigenvalue weighted by Crippen LogP contribution is -2.08. The highest BCUT2D eigenvalue weighted by molar-refractivity contribution is 7.10. The number of benzene rings is 1. The molecule has 1 aromatic heterocycles. The monoisotopic (exact) mass is 261 g/mol. The van der Waals surface area contributed by atoms with Gasteiger partial charge in [0.05, 0.1) is 11.6 Å². The van der Waals surface area contributed by atoms with E-state index in [1.165, 1.54) is 4.88 Å². The fourth-order valence-corrected chi connectivity index (χ4v) is 2.60. The quantitative estimate of drug-likeness (QED) is 0.876. The third-order valence-electron chi connectivity index (χ3n) is 2.91. The number of aromatic carboxylic acids is 1. The molecule has 0 saturated carbocycles. The summed E-state index contributed by atoms with van der Waals surface area (Å²) in [6.45, 7) is 3.89. The zero-order valence-electron chi connectivity index (χ0n) is 10.3. The van der Waals surface area contributed by atoms with Gasteiger partial charge in [-0.25, -0.2) is 4.79 Å². The maximum Gasteiger partial charge on any atom is 0.336 e. The van der Waals surface area contributed by atoms with Gasteiger partial charge in [-0.05, 0) is 43.0 Å². The third-order valence-corrected chi connectivity index (χ3v) is 3.96. The number of hydrogen-bond donors (Lipinski definition) is 2. The molecule has 0 aliphatic carbocycles. The molecule has 0 radical (unpaired) electrons. The summed E-state index contributed by atoms with van der Waals surface area (Å²) >= 11 is 1.69. The molecule has 0 amide bonds. The molecule has 4 heteroatoms. The van der Waals surface area contributed by atoms with Gasteiger partial charge in [-0.15, -0.1) is 11.3 Å². The van der Waals surface area contributed by atoms with Crippen molar-refractivity contribution in [2.75, 3.05) is 5.32 Å². The highest BCUT2D eigenvalue weighted by atomic mass is 32.1. The molecule has 0 aliphatic rings. The summed E-state index contributed by atoms with van der Waals surface area (Å²) in [4.78, 5) is 12.3. The second-order valence-corrected chi connectivity index (χ2v) is 5.14. The van der Waals surface area contributed by atoms with Crippen molar-refractivity contribution in [3.63, 3.8) is 0 Å². The van der Waals surface area contributed by atoms with E-state index in [1.807, 2.05) is 24.4 Å². The van der Waals surface area contributed by atoms with Crippen LogP contribution in [0, 0.1) is 6.92 Å². The molecule has 0 saturated heterocycles. The number of thiophene rings is 1. The van der Waals surface area contributed by atoms with Crippen LogP contribution in [0.4, 0.5) is 5.69 Å². The Morgan fingerprint density at radius 1 is 1.33 bits per heavy atom. The molecule has 0 aliphatic heterocycles. The van der Waals surface area contributed by atoms with E-state index in [0.717, 1.165) is 11.3 Å². The summed E-state index contributed by atoms with van der Waals surface area (Å²) in [5, 5.41) is 14.5. The summed E-state index contributed by atoms with van der Waals surface area (Å²) in [6, 6.07) is 9.55. The van der Waals surface area contributed by atoms with E-state index in [4.69, 9.17) is 5.11 Å². The molecule has 2 rings (SSSR count). The SMILES string of the molecule is Cc1c(NC(C)c2cccs2)cccc1C(=O)O. The Kier molecular flexibility index (Phi) is 3.67. The average molecular weight is 261 g/mol. The Hall–Kier alpha value is -1.81. The first-order valence-electron chi connectivity index (χ1n) is 5.72. The highest BCUT2D eigenvalue weighted by Crippen LogP contribution is 2.26. The fraction of sp³-hybridized carbons (Fsp3) is 0.214. The molecule has 1 atom stereocenters. The number of anilines is 1. The standard InChI is InChI=1S/C14H15NO2S/c1-9-11(14(16)17)5-3-6-12(9)15-10(2)13-7-4-8-18-13/h3-8,10,15H,1-2H3,(H,16,17). The molecule has 0 fully saturated rings. The van der Waals surface area contributed by atoms with Gasteiger partial charge in [0, 0.05) is 10.6 Å². The Labute approximate surface area is 110 Å². The van der Waals surface area contributed by atoms with Crippen LogP contribution < -0.4 is 5.32 Å². The van der Waals surface area contributed by atoms with Crippen LogP contribution >= 0.6 is 11.3 Å². The van der Waals surface area contributed by atoms with E-state index in [2.05, 4.69) is 18.3 Å². The van der Waals surface area contributed by atoms with Gasteiger partial charge in [0.15, 0.2) is 0 Å². The van der Waals surface area contributed by atoms with Crippen molar-refractivity contribution in [1.29, 1.82) is 0 Å². The van der Waals surface area contributed by atoms with Gasteiger partial charge in [0.1, 0.15) is 0 Å². The van der Waals surface area contributed by atoms with Crippen LogP contribution in [0.5, 0.6) is 0 Å². The molecular weight excluding hydrogens is 246 g/mol. The lowest BCUT2D eigenvalue weighted by atomic mass is 10.1. The normalized spacial score (nSPS) is 12.1. The average Bonchev–Trinajstić information content (AvgIpc) is 2.85. The van der Waals surface area contributed by atoms with E-state index in [1.54, 1.807) is 23.5 Å². The van der Waals surface area contributed by atoms with Gasteiger partial charge >= 0.3 is 5.97 Å². The summed E-state index contributed by atoms with van der Waals surface area (Å²) < 4.78 is 0. The Morgan fingerprint density at radius 2 is 2.11 bits per heavy atom. The predicted octanol–water partition coefficient (Wildman–Crippen LogP) is 3.93. The lowest BCUT2D eigenvalue weighted by Gasteiger charge is -2.16. The molecular formula is C14H15NO2S. The summed E-state index contributed by atoms with van der Waals surface area (Å²) in [5.41, 5.74) is 1.99. The van der Waals surface area contributed by atoms with Gasteiger partial charge < -0.3 is 10.4 Å². The predicted molar refractivity (Wildman–Crippen MR) is 74.5 cm³/mol. The van der Waals surface area contributed by atoms with Crippen LogP contribution in [0.1, 0.15) is 33.8 Å². The minimum absolute atomic E-state index is 0.174. The maximum atomic E-state index is 11.1. The van der Waals surface area contributed by atoms with E-state index >= 15 is 0 Å². The number of carboxylic acid groups (broad SMARTS) is 1. The third kappa shape index (κ3) is 2.54. The molecule has 18 heavy (non-hydrogen) atoms. The topological polar surface area (TPSA) is 49.3 Å². The number of carboxylic acids is 1. The molecule has 1 aromatic carbocycles. The van der Waals surface area contributed by atoms with E-state index < -0.39 is 5.97 Å². The van der Waals surface area contributed by atoms with Crippen molar-refractivity contribution < 1.29 is 9.90 Å². The van der Waals surface area contributed by atoms with Crippen molar-refractivity contribution >= 4 is 23.0 Å². The van der Waals surface area contributed by atoms with E-state index in [-0.39, 0.29) is 6.04 Å². The zero-order chi connectivity index (χ0) is 13.1. The smallest absolute Gasteiger partial charge is 0.336 e. The van der Waals surface area contributed by atoms with Crippen molar-refractivity contribution in [3.05, 3.63) is 51.7 Å². The minimum atomic E-state index is -0.889. The fourth-order valence-electron chi connectivity index (χ4n) is 1.87. The first-order chi connectivity index (χ1) is 8.59. The van der Waals surface area contributed by atoms with Crippen molar-refractivity contribution in [3.8, 4) is 0 Å². The van der Waals surface area contributed by atoms with Gasteiger partial charge in [-0.2, -0.15) is 0 Å². The summed E-state index contributed by atoms with van der Waals surface area (Å²) in [5.74, 6) is -0.889. The number of nitrogens with one attached hydrogen (secondary N) is 1. The minimum Gasteiger partial charge on any atom is -0.478 e. The summed E-state index contributed by atoms with van der Waals surface area (Å²) in [6.07, 6.45) is 0. The molecule has 0 spiro atoms. The molecule has 1 heterocycles. The second kappa shape index (κ2) is 5.23. The van der Waals surface area contributed by atoms with E-state index in [9.17, 15) is 4.79 Å². The van der Waals surface area contributed by atoms with Crippen LogP contribution in [-0.2, 0) is 0 Å². The molecule has 94 valence electrons. The van der Waals surface area contributed by atoms with Gasteiger partial charge in [0.2, 0.25) is 0 Å². The number of rotatable bonds is 4. The molecule has 2 aromatic rings. The van der Waals surface area contributed by atoms with Crippen LogP contribution in [0.25, 0.3) is 0 Å². The Morgan fingerprint density at radius 3 is 2.72 bits per heavy atom. The van der Waals surface area contributed by atoms with Crippen LogP contribution in [-0.4, -0.2) is 11.1 Å². The van der Waals surface area contributed by atoms with Crippen molar-refractivity contribution in [2.45, 2.75) is 19.9 Å². The zero-order valence-corrected chi connectivity index (χ0v) is 11.1. The van der Waals surface area contributed by atoms with Crippen molar-refractivity contribution in [2.24, 2.45) is 0 Å². The van der Waals surface area contributed by atoms with Crippen LogP contribution in [0.3, 0.4) is 0 Å². The van der Waals surface area contributed by atoms with Crippen LogP contribution in [0.2, 0.25) is 0 Å². The maximum absolute atomic E-state index is 11.1. The van der Waals surface area contributed by atoms with Crippen LogP contribution in [0.15, 0.2) is 35.7 Å². The molecule has 1 unspecified atom stereocenters. The Bertz CT molecular complexity index is 549. The summed E-state index contributed by atoms with van der Waals surface area (Å²) in [7, 11) is 0. The van der Waals surface area contributed by atoms with Gasteiger partial charge in [0.25, 0.3) is 0 Å². The highest BCUT2D eigenvalue weighted by Gasteiger charge is 2.12. The molecule has 0 bridgehead atoms. The Balaban J connectivity index is 2.24. The van der Waals surface area contributed by atoms with Gasteiger partial charge in [-0.1, -0.05) is 12.1 Å². The number of carbonyl (C=O) groups is 1. The molecule has 2 N–H and O–H groups in total. The second-order valence-electron chi connectivity index (χ2n) is 4.16. The first kappa shape index (κ1) is 12.6. The van der Waals surface area contributed by atoms with Crippen molar-refractivity contribution in [1.82, 2.24) is 0 Å². The molecule has 3 nitrogen and oxygen atoms in total.